The standard InChI is InChI=1S/C15H14ClFN2S/c1-9-5-6-20-14(9)8-19-13-7-11(17)3-4-12(13)18-15(19)10(2)16/h3-7,10H,8H2,1-2H3. The van der Waals surface area contributed by atoms with Crippen molar-refractivity contribution in [3.8, 4) is 0 Å². The van der Waals surface area contributed by atoms with Crippen molar-refractivity contribution in [3.05, 3.63) is 51.7 Å². The van der Waals surface area contributed by atoms with Crippen molar-refractivity contribution in [2.45, 2.75) is 25.8 Å². The summed E-state index contributed by atoms with van der Waals surface area (Å²) >= 11 is 7.92. The number of imidazole rings is 1. The van der Waals surface area contributed by atoms with Gasteiger partial charge in [-0.05, 0) is 49.1 Å². The van der Waals surface area contributed by atoms with Gasteiger partial charge in [0.2, 0.25) is 0 Å². The second-order valence-corrected chi connectivity index (χ2v) is 6.49. The molecule has 0 fully saturated rings. The van der Waals surface area contributed by atoms with Crippen molar-refractivity contribution < 1.29 is 4.39 Å². The van der Waals surface area contributed by atoms with Crippen LogP contribution in [0.5, 0.6) is 0 Å². The topological polar surface area (TPSA) is 17.8 Å². The summed E-state index contributed by atoms with van der Waals surface area (Å²) in [5, 5.41) is 1.85. The molecule has 0 saturated heterocycles. The Kier molecular flexibility index (Phi) is 3.52. The highest BCUT2D eigenvalue weighted by atomic mass is 35.5. The van der Waals surface area contributed by atoms with E-state index in [2.05, 4.69) is 23.4 Å². The summed E-state index contributed by atoms with van der Waals surface area (Å²) in [5.41, 5.74) is 2.81. The molecule has 5 heteroatoms. The van der Waals surface area contributed by atoms with Gasteiger partial charge in [-0.2, -0.15) is 0 Å². The van der Waals surface area contributed by atoms with Gasteiger partial charge in [0.05, 0.1) is 23.0 Å². The molecular formula is C15H14ClFN2S. The van der Waals surface area contributed by atoms with E-state index in [9.17, 15) is 4.39 Å². The third-order valence-electron chi connectivity index (χ3n) is 3.37. The quantitative estimate of drug-likeness (QED) is 0.630. The summed E-state index contributed by atoms with van der Waals surface area (Å²) in [4.78, 5) is 5.78. The van der Waals surface area contributed by atoms with Crippen LogP contribution in [0.25, 0.3) is 11.0 Å². The molecule has 1 unspecified atom stereocenters. The van der Waals surface area contributed by atoms with Crippen LogP contribution in [-0.4, -0.2) is 9.55 Å². The molecule has 0 spiro atoms. The van der Waals surface area contributed by atoms with Gasteiger partial charge < -0.3 is 4.57 Å². The van der Waals surface area contributed by atoms with Crippen molar-refractivity contribution in [2.24, 2.45) is 0 Å². The first kappa shape index (κ1) is 13.6. The Hall–Kier alpha value is -1.39. The fourth-order valence-electron chi connectivity index (χ4n) is 2.29. The summed E-state index contributed by atoms with van der Waals surface area (Å²) in [6.45, 7) is 4.64. The van der Waals surface area contributed by atoms with Crippen LogP contribution in [0.15, 0.2) is 29.6 Å². The lowest BCUT2D eigenvalue weighted by Gasteiger charge is -2.10. The monoisotopic (exact) mass is 308 g/mol. The van der Waals surface area contributed by atoms with Crippen LogP contribution >= 0.6 is 22.9 Å². The molecule has 3 aromatic rings. The van der Waals surface area contributed by atoms with E-state index in [1.807, 2.05) is 11.5 Å². The van der Waals surface area contributed by atoms with Gasteiger partial charge in [0.25, 0.3) is 0 Å². The van der Waals surface area contributed by atoms with Gasteiger partial charge in [0, 0.05) is 4.88 Å². The van der Waals surface area contributed by atoms with Crippen LogP contribution in [0.2, 0.25) is 0 Å². The highest BCUT2D eigenvalue weighted by Gasteiger charge is 2.16. The van der Waals surface area contributed by atoms with E-state index < -0.39 is 0 Å². The Morgan fingerprint density at radius 1 is 1.40 bits per heavy atom. The number of alkyl halides is 1. The minimum Gasteiger partial charge on any atom is -0.321 e. The van der Waals surface area contributed by atoms with Crippen molar-refractivity contribution in [3.63, 3.8) is 0 Å². The molecule has 1 atom stereocenters. The van der Waals surface area contributed by atoms with E-state index in [-0.39, 0.29) is 11.2 Å². The molecule has 0 radical (unpaired) electrons. The molecule has 104 valence electrons. The molecule has 0 saturated carbocycles. The number of halogens is 2. The smallest absolute Gasteiger partial charge is 0.128 e. The van der Waals surface area contributed by atoms with E-state index in [0.29, 0.717) is 6.54 Å². The number of aromatic nitrogens is 2. The normalized spacial score (nSPS) is 13.0. The molecular weight excluding hydrogens is 295 g/mol. The van der Waals surface area contributed by atoms with Crippen LogP contribution in [0, 0.1) is 12.7 Å². The molecule has 20 heavy (non-hydrogen) atoms. The summed E-state index contributed by atoms with van der Waals surface area (Å²) in [7, 11) is 0. The van der Waals surface area contributed by atoms with Gasteiger partial charge in [-0.15, -0.1) is 22.9 Å². The van der Waals surface area contributed by atoms with Crippen molar-refractivity contribution in [1.82, 2.24) is 9.55 Å². The zero-order valence-corrected chi connectivity index (χ0v) is 12.8. The second-order valence-electron chi connectivity index (χ2n) is 4.83. The average molecular weight is 309 g/mol. The minimum absolute atomic E-state index is 0.217. The number of aryl methyl sites for hydroxylation is 1. The third kappa shape index (κ3) is 2.34. The SMILES string of the molecule is Cc1ccsc1Cn1c(C(C)Cl)nc2ccc(F)cc21. The maximum Gasteiger partial charge on any atom is 0.128 e. The van der Waals surface area contributed by atoms with Gasteiger partial charge in [-0.1, -0.05) is 0 Å². The van der Waals surface area contributed by atoms with Gasteiger partial charge in [0.15, 0.2) is 0 Å². The molecule has 0 amide bonds. The maximum atomic E-state index is 13.5. The zero-order chi connectivity index (χ0) is 14.3. The first-order valence-electron chi connectivity index (χ1n) is 6.39. The second kappa shape index (κ2) is 5.19. The van der Waals surface area contributed by atoms with Crippen molar-refractivity contribution in [2.75, 3.05) is 0 Å². The summed E-state index contributed by atoms with van der Waals surface area (Å²) in [6.07, 6.45) is 0. The Morgan fingerprint density at radius 3 is 2.85 bits per heavy atom. The molecule has 0 aliphatic carbocycles. The first-order valence-corrected chi connectivity index (χ1v) is 7.70. The summed E-state index contributed by atoms with van der Waals surface area (Å²) in [5.74, 6) is 0.524. The molecule has 0 N–H and O–H groups in total. The Balaban J connectivity index is 2.18. The van der Waals surface area contributed by atoms with Crippen LogP contribution in [0.1, 0.15) is 28.6 Å². The van der Waals surface area contributed by atoms with Gasteiger partial charge in [-0.25, -0.2) is 9.37 Å². The number of thiophene rings is 1. The van der Waals surface area contributed by atoms with Crippen LogP contribution < -0.4 is 0 Å². The molecule has 3 rings (SSSR count). The lowest BCUT2D eigenvalue weighted by molar-refractivity contribution is 0.628. The number of hydrogen-bond acceptors (Lipinski definition) is 2. The lowest BCUT2D eigenvalue weighted by Crippen LogP contribution is -2.05. The van der Waals surface area contributed by atoms with E-state index in [0.717, 1.165) is 16.9 Å². The van der Waals surface area contributed by atoms with Crippen LogP contribution in [0.3, 0.4) is 0 Å². The Bertz CT molecular complexity index is 760. The number of hydrogen-bond donors (Lipinski definition) is 0. The van der Waals surface area contributed by atoms with Gasteiger partial charge in [-0.3, -0.25) is 0 Å². The predicted octanol–water partition coefficient (Wildman–Crippen LogP) is 4.89. The van der Waals surface area contributed by atoms with E-state index in [1.54, 1.807) is 17.4 Å². The molecule has 0 aliphatic rings. The molecule has 2 nitrogen and oxygen atoms in total. The van der Waals surface area contributed by atoms with E-state index in [4.69, 9.17) is 11.6 Å². The number of nitrogens with zero attached hydrogens (tertiary/aromatic N) is 2. The molecule has 1 aromatic carbocycles. The van der Waals surface area contributed by atoms with E-state index in [1.165, 1.54) is 22.6 Å². The largest absolute Gasteiger partial charge is 0.321 e. The zero-order valence-electron chi connectivity index (χ0n) is 11.2. The molecule has 2 heterocycles. The third-order valence-corrected chi connectivity index (χ3v) is 4.57. The maximum absolute atomic E-state index is 13.5. The van der Waals surface area contributed by atoms with Crippen molar-refractivity contribution in [1.29, 1.82) is 0 Å². The van der Waals surface area contributed by atoms with Crippen molar-refractivity contribution >= 4 is 34.0 Å². The highest BCUT2D eigenvalue weighted by molar-refractivity contribution is 7.10. The fourth-order valence-corrected chi connectivity index (χ4v) is 3.35. The van der Waals surface area contributed by atoms with Crippen LogP contribution in [0.4, 0.5) is 4.39 Å². The molecule has 0 aliphatic heterocycles. The Labute approximate surface area is 125 Å². The molecule has 0 bridgehead atoms. The first-order chi connectivity index (χ1) is 9.56. The average Bonchev–Trinajstić information content (AvgIpc) is 2.95. The highest BCUT2D eigenvalue weighted by Crippen LogP contribution is 2.27. The number of fused-ring (bicyclic) bond motifs is 1. The summed E-state index contributed by atoms with van der Waals surface area (Å²) in [6, 6.07) is 6.74. The molecule has 2 aromatic heterocycles. The van der Waals surface area contributed by atoms with Gasteiger partial charge >= 0.3 is 0 Å². The van der Waals surface area contributed by atoms with Crippen LogP contribution in [-0.2, 0) is 6.54 Å². The van der Waals surface area contributed by atoms with Gasteiger partial charge in [0.1, 0.15) is 11.6 Å². The number of benzene rings is 1. The lowest BCUT2D eigenvalue weighted by atomic mass is 10.2. The van der Waals surface area contributed by atoms with E-state index >= 15 is 0 Å². The summed E-state index contributed by atoms with van der Waals surface area (Å²) < 4.78 is 15.5. The minimum atomic E-state index is -0.254. The fraction of sp³-hybridized carbons (Fsp3) is 0.267. The number of rotatable bonds is 3. The predicted molar refractivity (Wildman–Crippen MR) is 82.1 cm³/mol. The Morgan fingerprint density at radius 2 is 2.20 bits per heavy atom.